The van der Waals surface area contributed by atoms with Crippen molar-refractivity contribution in [3.63, 3.8) is 0 Å². The number of carbonyl (C=O) groups is 2. The molecule has 2 nitrogen and oxygen atoms in total. The lowest BCUT2D eigenvalue weighted by Gasteiger charge is -2.15. The van der Waals surface area contributed by atoms with E-state index in [0.29, 0.717) is 24.7 Å². The highest BCUT2D eigenvalue weighted by Crippen LogP contribution is 2.21. The Kier molecular flexibility index (Phi) is 6.20. The number of rotatable bonds is 2. The summed E-state index contributed by atoms with van der Waals surface area (Å²) in [5.74, 6) is 1.25. The molecule has 102 valence electrons. The van der Waals surface area contributed by atoms with Gasteiger partial charge < -0.3 is 0 Å². The summed E-state index contributed by atoms with van der Waals surface area (Å²) in [6.07, 6.45) is 12.3. The Balaban J connectivity index is 0.000000191. The van der Waals surface area contributed by atoms with Crippen molar-refractivity contribution in [2.75, 3.05) is 0 Å². The van der Waals surface area contributed by atoms with E-state index in [2.05, 4.69) is 13.2 Å². The summed E-state index contributed by atoms with van der Waals surface area (Å²) in [6.45, 7) is 9.30. The van der Waals surface area contributed by atoms with Gasteiger partial charge in [-0.15, -0.1) is 13.2 Å². The Hall–Kier alpha value is -1.70. The highest BCUT2D eigenvalue weighted by Gasteiger charge is 2.14. The highest BCUT2D eigenvalue weighted by molar-refractivity contribution is 5.91. The third-order valence-electron chi connectivity index (χ3n) is 3.33. The largest absolute Gasteiger partial charge is 0.295 e. The van der Waals surface area contributed by atoms with Crippen molar-refractivity contribution in [3.8, 4) is 0 Å². The van der Waals surface area contributed by atoms with Gasteiger partial charge in [-0.1, -0.05) is 23.8 Å². The number of ketones is 2. The third-order valence-corrected chi connectivity index (χ3v) is 3.33. The van der Waals surface area contributed by atoms with E-state index >= 15 is 0 Å². The van der Waals surface area contributed by atoms with Gasteiger partial charge in [0.15, 0.2) is 11.6 Å². The van der Waals surface area contributed by atoms with Gasteiger partial charge in [-0.3, -0.25) is 9.59 Å². The Bertz CT molecular complexity index is 427. The second kappa shape index (κ2) is 7.67. The Morgan fingerprint density at radius 2 is 1.68 bits per heavy atom. The minimum atomic E-state index is 0.228. The molecular weight excluding hydrogens is 236 g/mol. The summed E-state index contributed by atoms with van der Waals surface area (Å²) >= 11 is 0. The molecule has 0 N–H and O–H groups in total. The number of allylic oxidation sites excluding steroid dienone is 6. The van der Waals surface area contributed by atoms with Crippen LogP contribution in [0.25, 0.3) is 0 Å². The van der Waals surface area contributed by atoms with Crippen LogP contribution in [0.1, 0.15) is 32.6 Å². The zero-order valence-corrected chi connectivity index (χ0v) is 11.6. The van der Waals surface area contributed by atoms with Crippen molar-refractivity contribution in [3.05, 3.63) is 49.1 Å². The Labute approximate surface area is 115 Å². The minimum Gasteiger partial charge on any atom is -0.295 e. The molecule has 0 fully saturated rings. The second-order valence-electron chi connectivity index (χ2n) is 5.17. The quantitative estimate of drug-likeness (QED) is 0.706. The monoisotopic (exact) mass is 258 g/mol. The van der Waals surface area contributed by atoms with Crippen molar-refractivity contribution < 1.29 is 9.59 Å². The second-order valence-corrected chi connectivity index (χ2v) is 5.17. The predicted octanol–water partition coefficient (Wildman–Crippen LogP) is 3.81. The van der Waals surface area contributed by atoms with Crippen molar-refractivity contribution in [2.45, 2.75) is 32.6 Å². The van der Waals surface area contributed by atoms with E-state index in [4.69, 9.17) is 0 Å². The number of hydrogen-bond acceptors (Lipinski definition) is 2. The Morgan fingerprint density at radius 3 is 2.16 bits per heavy atom. The molecule has 0 spiro atoms. The summed E-state index contributed by atoms with van der Waals surface area (Å²) in [6, 6.07) is 0. The molecule has 0 aliphatic heterocycles. The minimum absolute atomic E-state index is 0.228. The van der Waals surface area contributed by atoms with Gasteiger partial charge >= 0.3 is 0 Å². The average Bonchev–Trinajstić information content (AvgIpc) is 2.38. The van der Waals surface area contributed by atoms with Crippen molar-refractivity contribution in [1.82, 2.24) is 0 Å². The van der Waals surface area contributed by atoms with Gasteiger partial charge in [0.1, 0.15) is 0 Å². The Morgan fingerprint density at radius 1 is 1.05 bits per heavy atom. The molecule has 2 aliphatic rings. The predicted molar refractivity (Wildman–Crippen MR) is 78.8 cm³/mol. The van der Waals surface area contributed by atoms with E-state index in [1.54, 1.807) is 12.2 Å². The molecule has 2 heteroatoms. The van der Waals surface area contributed by atoms with Gasteiger partial charge in [-0.05, 0) is 43.8 Å². The van der Waals surface area contributed by atoms with Crippen LogP contribution in [0, 0.1) is 11.8 Å². The maximum atomic E-state index is 10.9. The molecular formula is C17H22O2. The van der Waals surface area contributed by atoms with Gasteiger partial charge in [-0.2, -0.15) is 0 Å². The lowest BCUT2D eigenvalue weighted by molar-refractivity contribution is -0.116. The van der Waals surface area contributed by atoms with Gasteiger partial charge in [0.05, 0.1) is 0 Å². The van der Waals surface area contributed by atoms with Crippen LogP contribution in [0.15, 0.2) is 49.1 Å². The van der Waals surface area contributed by atoms with Crippen molar-refractivity contribution in [2.24, 2.45) is 11.8 Å². The zero-order valence-electron chi connectivity index (χ0n) is 11.6. The normalized spacial score (nSPS) is 26.1. The van der Waals surface area contributed by atoms with E-state index in [0.717, 1.165) is 12.8 Å². The number of hydrogen-bond donors (Lipinski definition) is 0. The van der Waals surface area contributed by atoms with Gasteiger partial charge in [0.25, 0.3) is 0 Å². The molecule has 2 unspecified atom stereocenters. The first kappa shape index (κ1) is 15.4. The summed E-state index contributed by atoms with van der Waals surface area (Å²) < 4.78 is 0. The first-order valence-corrected chi connectivity index (χ1v) is 6.69. The number of carbonyl (C=O) groups excluding carboxylic acids is 2. The van der Waals surface area contributed by atoms with E-state index in [-0.39, 0.29) is 11.6 Å². The lowest BCUT2D eigenvalue weighted by atomic mass is 9.89. The summed E-state index contributed by atoms with van der Waals surface area (Å²) in [4.78, 5) is 21.6. The molecule has 0 amide bonds. The maximum Gasteiger partial charge on any atom is 0.156 e. The third kappa shape index (κ3) is 5.64. The SMILES string of the molecule is C=CC1CC(=O)C=C(C)C1.C=CC1CC=CC(=O)C1. The molecule has 2 atom stereocenters. The summed E-state index contributed by atoms with van der Waals surface area (Å²) in [7, 11) is 0. The smallest absolute Gasteiger partial charge is 0.156 e. The van der Waals surface area contributed by atoms with E-state index in [1.165, 1.54) is 5.57 Å². The van der Waals surface area contributed by atoms with Crippen LogP contribution in [-0.4, -0.2) is 11.6 Å². The van der Waals surface area contributed by atoms with Crippen LogP contribution in [0.2, 0.25) is 0 Å². The topological polar surface area (TPSA) is 34.1 Å². The van der Waals surface area contributed by atoms with Crippen molar-refractivity contribution in [1.29, 1.82) is 0 Å². The summed E-state index contributed by atoms with van der Waals surface area (Å²) in [5.41, 5.74) is 1.18. The molecule has 0 saturated heterocycles. The van der Waals surface area contributed by atoms with Crippen molar-refractivity contribution >= 4 is 11.6 Å². The van der Waals surface area contributed by atoms with Gasteiger partial charge in [-0.25, -0.2) is 0 Å². The van der Waals surface area contributed by atoms with Crippen LogP contribution >= 0.6 is 0 Å². The molecule has 0 radical (unpaired) electrons. The molecule has 2 rings (SSSR count). The molecule has 2 aliphatic carbocycles. The van der Waals surface area contributed by atoms with E-state index in [1.807, 2.05) is 25.2 Å². The molecule has 0 heterocycles. The molecule has 0 aromatic rings. The van der Waals surface area contributed by atoms with Crippen LogP contribution in [0.4, 0.5) is 0 Å². The standard InChI is InChI=1S/C9H12O.C8H10O/c1-3-8-4-7(2)5-9(10)6-8;1-2-7-4-3-5-8(9)6-7/h3,5,8H,1,4,6H2,2H3;2-3,5,7H,1,4,6H2. The zero-order chi connectivity index (χ0) is 14.3. The van der Waals surface area contributed by atoms with Crippen LogP contribution in [0.5, 0.6) is 0 Å². The molecule has 0 aromatic heterocycles. The average molecular weight is 258 g/mol. The fraction of sp³-hybridized carbons (Fsp3) is 0.412. The van der Waals surface area contributed by atoms with Crippen LogP contribution < -0.4 is 0 Å². The summed E-state index contributed by atoms with van der Waals surface area (Å²) in [5, 5.41) is 0. The lowest BCUT2D eigenvalue weighted by Crippen LogP contribution is -2.10. The molecule has 19 heavy (non-hydrogen) atoms. The van der Waals surface area contributed by atoms with E-state index in [9.17, 15) is 9.59 Å². The first-order valence-electron chi connectivity index (χ1n) is 6.69. The van der Waals surface area contributed by atoms with Crippen LogP contribution in [-0.2, 0) is 9.59 Å². The van der Waals surface area contributed by atoms with Gasteiger partial charge in [0, 0.05) is 12.8 Å². The molecule has 0 bridgehead atoms. The van der Waals surface area contributed by atoms with Crippen LogP contribution in [0.3, 0.4) is 0 Å². The van der Waals surface area contributed by atoms with E-state index < -0.39 is 0 Å². The first-order chi connectivity index (χ1) is 9.05. The van der Waals surface area contributed by atoms with Gasteiger partial charge in [0.2, 0.25) is 0 Å². The maximum absolute atomic E-state index is 10.9. The molecule has 0 saturated carbocycles. The fourth-order valence-electron chi connectivity index (χ4n) is 2.27. The molecule has 0 aromatic carbocycles. The highest BCUT2D eigenvalue weighted by atomic mass is 16.1. The fourth-order valence-corrected chi connectivity index (χ4v) is 2.27.